The summed E-state index contributed by atoms with van der Waals surface area (Å²) in [7, 11) is -3.97. The van der Waals surface area contributed by atoms with Gasteiger partial charge in [0.15, 0.2) is 0 Å². The molecular weight excluding hydrogens is 406 g/mol. The molecule has 1 saturated carbocycles. The molecule has 1 fully saturated rings. The molecule has 10 heteroatoms. The second-order valence-corrected chi connectivity index (χ2v) is 8.94. The van der Waals surface area contributed by atoms with E-state index >= 15 is 0 Å². The molecule has 30 heavy (non-hydrogen) atoms. The van der Waals surface area contributed by atoms with E-state index in [1.807, 2.05) is 0 Å². The lowest BCUT2D eigenvalue weighted by Gasteiger charge is -2.15. The van der Waals surface area contributed by atoms with Crippen molar-refractivity contribution >= 4 is 21.7 Å². The van der Waals surface area contributed by atoms with Crippen LogP contribution in [0.5, 0.6) is 0 Å². The SMILES string of the molecule is Cc1ccc(-c2noc(C3CC3)n2)cc1S(=O)(=O)NC(C)C(=O)Nc1ccccn1. The maximum Gasteiger partial charge on any atom is 0.243 e. The number of nitrogens with one attached hydrogen (secondary N) is 2. The van der Waals surface area contributed by atoms with Crippen LogP contribution in [0.3, 0.4) is 0 Å². The summed E-state index contributed by atoms with van der Waals surface area (Å²) in [5, 5.41) is 6.54. The van der Waals surface area contributed by atoms with Gasteiger partial charge >= 0.3 is 0 Å². The van der Waals surface area contributed by atoms with Gasteiger partial charge in [0.05, 0.1) is 10.9 Å². The molecule has 9 nitrogen and oxygen atoms in total. The molecule has 2 heterocycles. The van der Waals surface area contributed by atoms with Crippen molar-refractivity contribution in [1.29, 1.82) is 0 Å². The van der Waals surface area contributed by atoms with Gasteiger partial charge in [-0.1, -0.05) is 23.4 Å². The number of rotatable bonds is 7. The molecule has 2 aromatic heterocycles. The number of pyridine rings is 1. The van der Waals surface area contributed by atoms with Gasteiger partial charge in [0.25, 0.3) is 0 Å². The highest BCUT2D eigenvalue weighted by Gasteiger charge is 2.30. The second kappa shape index (κ2) is 7.96. The Bertz CT molecular complexity index is 1170. The van der Waals surface area contributed by atoms with Crippen LogP contribution >= 0.6 is 0 Å². The largest absolute Gasteiger partial charge is 0.339 e. The van der Waals surface area contributed by atoms with E-state index in [1.165, 1.54) is 19.2 Å². The predicted molar refractivity (Wildman–Crippen MR) is 109 cm³/mol. The maximum absolute atomic E-state index is 13.0. The molecule has 0 aliphatic heterocycles. The van der Waals surface area contributed by atoms with E-state index in [0.29, 0.717) is 34.6 Å². The lowest BCUT2D eigenvalue weighted by molar-refractivity contribution is -0.117. The van der Waals surface area contributed by atoms with E-state index in [4.69, 9.17) is 4.52 Å². The van der Waals surface area contributed by atoms with Gasteiger partial charge in [0.2, 0.25) is 27.6 Å². The highest BCUT2D eigenvalue weighted by Crippen LogP contribution is 2.39. The summed E-state index contributed by atoms with van der Waals surface area (Å²) in [6.45, 7) is 3.15. The third-order valence-electron chi connectivity index (χ3n) is 4.75. The minimum absolute atomic E-state index is 0.0512. The quantitative estimate of drug-likeness (QED) is 0.593. The molecule has 1 aliphatic carbocycles. The average Bonchev–Trinajstić information content (AvgIpc) is 3.45. The smallest absolute Gasteiger partial charge is 0.243 e. The number of nitrogens with zero attached hydrogens (tertiary/aromatic N) is 3. The summed E-state index contributed by atoms with van der Waals surface area (Å²) >= 11 is 0. The highest BCUT2D eigenvalue weighted by atomic mass is 32.2. The first-order chi connectivity index (χ1) is 14.3. The van der Waals surface area contributed by atoms with Crippen LogP contribution in [0.2, 0.25) is 0 Å². The number of carbonyl (C=O) groups is 1. The summed E-state index contributed by atoms with van der Waals surface area (Å²) in [6, 6.07) is 8.96. The van der Waals surface area contributed by atoms with E-state index in [1.54, 1.807) is 37.3 Å². The number of amides is 1. The number of hydrogen-bond donors (Lipinski definition) is 2. The van der Waals surface area contributed by atoms with E-state index in [0.717, 1.165) is 12.8 Å². The fourth-order valence-electron chi connectivity index (χ4n) is 2.90. The molecular formula is C20H21N5O4S. The van der Waals surface area contributed by atoms with Gasteiger partial charge in [-0.3, -0.25) is 4.79 Å². The van der Waals surface area contributed by atoms with Crippen LogP contribution in [-0.2, 0) is 14.8 Å². The number of hydrogen-bond acceptors (Lipinski definition) is 7. The van der Waals surface area contributed by atoms with Crippen molar-refractivity contribution in [3.8, 4) is 11.4 Å². The molecule has 2 N–H and O–H groups in total. The number of benzene rings is 1. The number of sulfonamides is 1. The maximum atomic E-state index is 13.0. The Morgan fingerprint density at radius 1 is 1.23 bits per heavy atom. The lowest BCUT2D eigenvalue weighted by atomic mass is 10.1. The predicted octanol–water partition coefficient (Wildman–Crippen LogP) is 2.62. The van der Waals surface area contributed by atoms with Crippen LogP contribution in [0.1, 0.15) is 37.1 Å². The molecule has 1 atom stereocenters. The second-order valence-electron chi connectivity index (χ2n) is 7.26. The van der Waals surface area contributed by atoms with Gasteiger partial charge in [0.1, 0.15) is 5.82 Å². The van der Waals surface area contributed by atoms with Crippen LogP contribution in [0.4, 0.5) is 5.82 Å². The van der Waals surface area contributed by atoms with E-state index in [9.17, 15) is 13.2 Å². The first-order valence-electron chi connectivity index (χ1n) is 9.52. The molecule has 1 unspecified atom stereocenters. The third kappa shape index (κ3) is 4.39. The number of carbonyl (C=O) groups excluding carboxylic acids is 1. The molecule has 4 rings (SSSR count). The number of aromatic nitrogens is 3. The molecule has 1 amide bonds. The Balaban J connectivity index is 1.53. The Hall–Kier alpha value is -3.11. The minimum atomic E-state index is -3.97. The summed E-state index contributed by atoms with van der Waals surface area (Å²) in [4.78, 5) is 20.8. The Labute approximate surface area is 174 Å². The fourth-order valence-corrected chi connectivity index (χ4v) is 4.37. The Kier molecular flexibility index (Phi) is 5.35. The number of aryl methyl sites for hydroxylation is 1. The average molecular weight is 427 g/mol. The zero-order valence-corrected chi connectivity index (χ0v) is 17.3. The van der Waals surface area contributed by atoms with Gasteiger partial charge in [-0.15, -0.1) is 0 Å². The van der Waals surface area contributed by atoms with Gasteiger partial charge < -0.3 is 9.84 Å². The van der Waals surface area contributed by atoms with Crippen LogP contribution in [0, 0.1) is 6.92 Å². The normalized spacial score (nSPS) is 15.0. The van der Waals surface area contributed by atoms with Crippen molar-refractivity contribution < 1.29 is 17.7 Å². The van der Waals surface area contributed by atoms with Crippen LogP contribution < -0.4 is 10.0 Å². The summed E-state index contributed by atoms with van der Waals surface area (Å²) < 4.78 is 33.6. The first kappa shape index (κ1) is 20.2. The van der Waals surface area contributed by atoms with Crippen molar-refractivity contribution in [1.82, 2.24) is 19.8 Å². The number of anilines is 1. The van der Waals surface area contributed by atoms with Crippen LogP contribution in [0.25, 0.3) is 11.4 Å². The molecule has 0 bridgehead atoms. The molecule has 0 radical (unpaired) electrons. The van der Waals surface area contributed by atoms with Crippen molar-refractivity contribution in [3.63, 3.8) is 0 Å². The lowest BCUT2D eigenvalue weighted by Crippen LogP contribution is -2.41. The van der Waals surface area contributed by atoms with Gasteiger partial charge in [-0.05, 0) is 50.5 Å². The standard InChI is InChI=1S/C20H21N5O4S/c1-12-6-7-15(18-23-20(29-24-18)14-8-9-14)11-16(12)30(27,28)25-13(2)19(26)22-17-5-3-4-10-21-17/h3-7,10-11,13-14,25H,8-9H2,1-2H3,(H,21,22,26). The zero-order chi connectivity index (χ0) is 21.3. The third-order valence-corrected chi connectivity index (χ3v) is 6.43. The Morgan fingerprint density at radius 2 is 2.03 bits per heavy atom. The molecule has 1 aliphatic rings. The summed E-state index contributed by atoms with van der Waals surface area (Å²) in [6.07, 6.45) is 3.58. The summed E-state index contributed by atoms with van der Waals surface area (Å²) in [5.41, 5.74) is 1.07. The molecule has 0 saturated heterocycles. The fraction of sp³-hybridized carbons (Fsp3) is 0.300. The zero-order valence-electron chi connectivity index (χ0n) is 16.5. The molecule has 1 aromatic carbocycles. The van der Waals surface area contributed by atoms with E-state index in [-0.39, 0.29) is 4.90 Å². The van der Waals surface area contributed by atoms with Crippen LogP contribution in [-0.4, -0.2) is 35.5 Å². The van der Waals surface area contributed by atoms with Crippen molar-refractivity contribution in [3.05, 3.63) is 54.0 Å². The van der Waals surface area contributed by atoms with E-state index in [2.05, 4.69) is 25.2 Å². The van der Waals surface area contributed by atoms with Gasteiger partial charge in [-0.25, -0.2) is 13.4 Å². The Morgan fingerprint density at radius 3 is 2.73 bits per heavy atom. The van der Waals surface area contributed by atoms with E-state index < -0.39 is 22.0 Å². The minimum Gasteiger partial charge on any atom is -0.339 e. The summed E-state index contributed by atoms with van der Waals surface area (Å²) in [5.74, 6) is 1.05. The van der Waals surface area contributed by atoms with Crippen LogP contribution in [0.15, 0.2) is 52.0 Å². The highest BCUT2D eigenvalue weighted by molar-refractivity contribution is 7.89. The molecule has 0 spiro atoms. The topological polar surface area (TPSA) is 127 Å². The van der Waals surface area contributed by atoms with Gasteiger partial charge in [0, 0.05) is 17.7 Å². The monoisotopic (exact) mass is 427 g/mol. The molecule has 156 valence electrons. The van der Waals surface area contributed by atoms with Crippen molar-refractivity contribution in [2.24, 2.45) is 0 Å². The first-order valence-corrected chi connectivity index (χ1v) is 11.0. The van der Waals surface area contributed by atoms with Crippen molar-refractivity contribution in [2.75, 3.05) is 5.32 Å². The van der Waals surface area contributed by atoms with Crippen molar-refractivity contribution in [2.45, 2.75) is 43.5 Å². The van der Waals surface area contributed by atoms with Gasteiger partial charge in [-0.2, -0.15) is 9.71 Å². The molecule has 3 aromatic rings.